The second-order valence-electron chi connectivity index (χ2n) is 6.96. The number of aliphatic carboxylic acids is 1. The van der Waals surface area contributed by atoms with Gasteiger partial charge < -0.3 is 10.0 Å². The van der Waals surface area contributed by atoms with Gasteiger partial charge in [-0.1, -0.05) is 31.0 Å². The highest BCUT2D eigenvalue weighted by Gasteiger charge is 2.49. The molecule has 1 amide bonds. The summed E-state index contributed by atoms with van der Waals surface area (Å²) in [5.41, 5.74) is -0.799. The van der Waals surface area contributed by atoms with Gasteiger partial charge in [-0.25, -0.2) is 0 Å². The van der Waals surface area contributed by atoms with Crippen molar-refractivity contribution in [2.75, 3.05) is 13.1 Å². The van der Waals surface area contributed by atoms with Gasteiger partial charge >= 0.3 is 5.97 Å². The lowest BCUT2D eigenvalue weighted by Gasteiger charge is -2.32. The van der Waals surface area contributed by atoms with Crippen LogP contribution in [0.2, 0.25) is 0 Å². The molecule has 0 aromatic heterocycles. The highest BCUT2D eigenvalue weighted by molar-refractivity contribution is 8.01. The summed E-state index contributed by atoms with van der Waals surface area (Å²) in [5.74, 6) is -0.669. The minimum absolute atomic E-state index is 0.133. The van der Waals surface area contributed by atoms with Crippen LogP contribution in [0.5, 0.6) is 0 Å². The third kappa shape index (κ3) is 3.11. The van der Waals surface area contributed by atoms with Gasteiger partial charge in [0.25, 0.3) is 0 Å². The van der Waals surface area contributed by atoms with Crippen LogP contribution in [0.15, 0.2) is 35.2 Å². The highest BCUT2D eigenvalue weighted by atomic mass is 32.2. The van der Waals surface area contributed by atoms with E-state index in [1.165, 1.54) is 0 Å². The second kappa shape index (κ2) is 6.19. The Hall–Kier alpha value is -1.49. The van der Waals surface area contributed by atoms with Crippen molar-refractivity contribution in [1.82, 2.24) is 4.90 Å². The van der Waals surface area contributed by atoms with Crippen molar-refractivity contribution >= 4 is 23.6 Å². The third-order valence-corrected chi connectivity index (χ3v) is 6.62. The van der Waals surface area contributed by atoms with Crippen molar-refractivity contribution in [2.45, 2.75) is 48.7 Å². The number of likely N-dealkylation sites (tertiary alicyclic amines) is 1. The van der Waals surface area contributed by atoms with Crippen LogP contribution in [-0.2, 0) is 9.59 Å². The van der Waals surface area contributed by atoms with Crippen molar-refractivity contribution in [1.29, 1.82) is 0 Å². The van der Waals surface area contributed by atoms with Gasteiger partial charge in [-0.05, 0) is 38.3 Å². The summed E-state index contributed by atoms with van der Waals surface area (Å²) in [6.45, 7) is 2.63. The zero-order valence-corrected chi connectivity index (χ0v) is 14.3. The predicted molar refractivity (Wildman–Crippen MR) is 90.4 cm³/mol. The van der Waals surface area contributed by atoms with E-state index in [9.17, 15) is 14.7 Å². The Balaban J connectivity index is 1.79. The Labute approximate surface area is 141 Å². The summed E-state index contributed by atoms with van der Waals surface area (Å²) in [6.07, 6.45) is 4.43. The Morgan fingerprint density at radius 1 is 1.13 bits per heavy atom. The van der Waals surface area contributed by atoms with Gasteiger partial charge in [-0.3, -0.25) is 9.59 Å². The molecule has 1 saturated heterocycles. The molecule has 5 heteroatoms. The van der Waals surface area contributed by atoms with Crippen LogP contribution in [0.25, 0.3) is 0 Å². The lowest BCUT2D eigenvalue weighted by molar-refractivity contribution is -0.147. The van der Waals surface area contributed by atoms with Gasteiger partial charge in [0, 0.05) is 18.0 Å². The summed E-state index contributed by atoms with van der Waals surface area (Å²) in [7, 11) is 0. The first-order valence-electron chi connectivity index (χ1n) is 8.22. The molecular formula is C18H23NO3S. The molecule has 1 aliphatic heterocycles. The van der Waals surface area contributed by atoms with Crippen molar-refractivity contribution in [3.8, 4) is 0 Å². The zero-order valence-electron chi connectivity index (χ0n) is 13.5. The smallest absolute Gasteiger partial charge is 0.311 e. The standard InChI is InChI=1S/C18H23NO3S/c1-17(16(21)22)11-12-19(13-17)15(20)18(9-5-6-10-18)23-14-7-3-2-4-8-14/h2-4,7-8H,5-6,9-13H2,1H3,(H,21,22). The Kier molecular flexibility index (Phi) is 4.41. The van der Waals surface area contributed by atoms with E-state index >= 15 is 0 Å². The quantitative estimate of drug-likeness (QED) is 0.917. The van der Waals surface area contributed by atoms with Gasteiger partial charge in [-0.15, -0.1) is 11.8 Å². The van der Waals surface area contributed by atoms with E-state index in [0.29, 0.717) is 19.5 Å². The first-order valence-corrected chi connectivity index (χ1v) is 9.04. The summed E-state index contributed by atoms with van der Waals surface area (Å²) < 4.78 is -0.412. The summed E-state index contributed by atoms with van der Waals surface area (Å²) in [4.78, 5) is 27.5. The SMILES string of the molecule is CC1(C(=O)O)CCN(C(=O)C2(Sc3ccccc3)CCCC2)C1. The molecular weight excluding hydrogens is 310 g/mol. The largest absolute Gasteiger partial charge is 0.481 e. The number of carboxylic acid groups (broad SMARTS) is 1. The molecule has 0 bridgehead atoms. The molecule has 124 valence electrons. The lowest BCUT2D eigenvalue weighted by Crippen LogP contribution is -2.45. The first-order chi connectivity index (χ1) is 11.0. The van der Waals surface area contributed by atoms with Gasteiger partial charge in [0.05, 0.1) is 10.2 Å². The third-order valence-electron chi connectivity index (χ3n) is 5.13. The molecule has 23 heavy (non-hydrogen) atoms. The fraction of sp³-hybridized carbons (Fsp3) is 0.556. The first kappa shape index (κ1) is 16.4. The molecule has 1 aliphatic carbocycles. The summed E-state index contributed by atoms with van der Waals surface area (Å²) >= 11 is 1.66. The average molecular weight is 333 g/mol. The maximum atomic E-state index is 13.2. The van der Waals surface area contributed by atoms with Gasteiger partial charge in [0.1, 0.15) is 0 Å². The topological polar surface area (TPSA) is 57.6 Å². The molecule has 1 N–H and O–H groups in total. The average Bonchev–Trinajstić information content (AvgIpc) is 3.16. The zero-order chi connectivity index (χ0) is 16.5. The van der Waals surface area contributed by atoms with E-state index in [2.05, 4.69) is 0 Å². The Bertz CT molecular complexity index is 598. The van der Waals surface area contributed by atoms with Crippen LogP contribution in [0, 0.1) is 5.41 Å². The normalized spacial score (nSPS) is 26.4. The molecule has 3 rings (SSSR count). The number of rotatable bonds is 4. The van der Waals surface area contributed by atoms with Crippen LogP contribution in [0.3, 0.4) is 0 Å². The van der Waals surface area contributed by atoms with Crippen LogP contribution < -0.4 is 0 Å². The van der Waals surface area contributed by atoms with E-state index in [0.717, 1.165) is 30.6 Å². The molecule has 1 aromatic rings. The second-order valence-corrected chi connectivity index (χ2v) is 8.42. The monoisotopic (exact) mass is 333 g/mol. The molecule has 2 aliphatic rings. The van der Waals surface area contributed by atoms with Crippen LogP contribution >= 0.6 is 11.8 Å². The molecule has 0 radical (unpaired) electrons. The predicted octanol–water partition coefficient (Wildman–Crippen LogP) is 3.41. The number of nitrogens with zero attached hydrogens (tertiary/aromatic N) is 1. The van der Waals surface area contributed by atoms with Gasteiger partial charge in [0.15, 0.2) is 0 Å². The minimum Gasteiger partial charge on any atom is -0.481 e. The van der Waals surface area contributed by atoms with E-state index in [-0.39, 0.29) is 5.91 Å². The number of thioether (sulfide) groups is 1. The van der Waals surface area contributed by atoms with E-state index in [4.69, 9.17) is 0 Å². The summed E-state index contributed by atoms with van der Waals surface area (Å²) in [6, 6.07) is 10.1. The number of carbonyl (C=O) groups excluding carboxylic acids is 1. The van der Waals surface area contributed by atoms with Gasteiger partial charge in [0.2, 0.25) is 5.91 Å². The number of amides is 1. The molecule has 1 atom stereocenters. The number of hydrogen-bond acceptors (Lipinski definition) is 3. The molecule has 0 spiro atoms. The molecule has 1 saturated carbocycles. The van der Waals surface area contributed by atoms with Crippen LogP contribution in [0.1, 0.15) is 39.0 Å². The number of benzene rings is 1. The lowest BCUT2D eigenvalue weighted by atomic mass is 9.90. The number of carboxylic acids is 1. The fourth-order valence-corrected chi connectivity index (χ4v) is 5.07. The van der Waals surface area contributed by atoms with Crippen molar-refractivity contribution < 1.29 is 14.7 Å². The maximum absolute atomic E-state index is 13.2. The van der Waals surface area contributed by atoms with Crippen molar-refractivity contribution in [3.63, 3.8) is 0 Å². The van der Waals surface area contributed by atoms with Crippen molar-refractivity contribution in [2.24, 2.45) is 5.41 Å². The molecule has 1 unspecified atom stereocenters. The Morgan fingerprint density at radius 2 is 1.78 bits per heavy atom. The molecule has 2 fully saturated rings. The Morgan fingerprint density at radius 3 is 2.35 bits per heavy atom. The number of carbonyl (C=O) groups is 2. The minimum atomic E-state index is -0.802. The van der Waals surface area contributed by atoms with Crippen molar-refractivity contribution in [3.05, 3.63) is 30.3 Å². The van der Waals surface area contributed by atoms with Gasteiger partial charge in [-0.2, -0.15) is 0 Å². The van der Waals surface area contributed by atoms with E-state index in [1.807, 2.05) is 30.3 Å². The fourth-order valence-electron chi connectivity index (χ4n) is 3.62. The summed E-state index contributed by atoms with van der Waals surface area (Å²) in [5, 5.41) is 9.39. The van der Waals surface area contributed by atoms with E-state index < -0.39 is 16.1 Å². The highest BCUT2D eigenvalue weighted by Crippen LogP contribution is 2.47. The number of hydrogen-bond donors (Lipinski definition) is 1. The maximum Gasteiger partial charge on any atom is 0.311 e. The van der Waals surface area contributed by atoms with Crippen LogP contribution in [-0.4, -0.2) is 39.7 Å². The van der Waals surface area contributed by atoms with E-state index in [1.54, 1.807) is 23.6 Å². The molecule has 4 nitrogen and oxygen atoms in total. The molecule has 1 aromatic carbocycles. The van der Waals surface area contributed by atoms with Crippen LogP contribution in [0.4, 0.5) is 0 Å². The molecule has 1 heterocycles.